The summed E-state index contributed by atoms with van der Waals surface area (Å²) < 4.78 is 29.2. The van der Waals surface area contributed by atoms with Crippen LogP contribution in [0.4, 0.5) is 0 Å². The van der Waals surface area contributed by atoms with Gasteiger partial charge >= 0.3 is 0 Å². The van der Waals surface area contributed by atoms with Gasteiger partial charge in [-0.25, -0.2) is 8.42 Å². The van der Waals surface area contributed by atoms with Crippen LogP contribution in [0.25, 0.3) is 0 Å². The highest BCUT2D eigenvalue weighted by Gasteiger charge is 2.32. The molecule has 3 aromatic rings. The second-order valence-corrected chi connectivity index (χ2v) is 10.7. The Kier molecular flexibility index (Phi) is 6.57. The summed E-state index contributed by atoms with van der Waals surface area (Å²) >= 11 is 2.21. The zero-order chi connectivity index (χ0) is 21.1. The smallest absolute Gasteiger partial charge is 0.243 e. The van der Waals surface area contributed by atoms with Crippen molar-refractivity contribution >= 4 is 32.6 Å². The highest BCUT2D eigenvalue weighted by Crippen LogP contribution is 2.31. The molecule has 0 aromatic heterocycles. The molecule has 0 atom stereocenters. The van der Waals surface area contributed by atoms with Crippen molar-refractivity contribution in [3.05, 3.63) is 99.1 Å². The van der Waals surface area contributed by atoms with Gasteiger partial charge < -0.3 is 0 Å². The molecular formula is C24H25IN2O2S. The Bertz CT molecular complexity index is 1060. The minimum Gasteiger partial charge on any atom is -0.290 e. The van der Waals surface area contributed by atoms with Crippen molar-refractivity contribution in [2.75, 3.05) is 26.2 Å². The molecule has 0 bridgehead atoms. The quantitative estimate of drug-likeness (QED) is 0.448. The minimum absolute atomic E-state index is 0.122. The van der Waals surface area contributed by atoms with E-state index in [9.17, 15) is 8.42 Å². The number of benzene rings is 3. The second kappa shape index (κ2) is 9.18. The third-order valence-electron chi connectivity index (χ3n) is 5.62. The summed E-state index contributed by atoms with van der Waals surface area (Å²) in [7, 11) is -3.48. The van der Waals surface area contributed by atoms with Crippen LogP contribution >= 0.6 is 22.6 Å². The van der Waals surface area contributed by atoms with Crippen LogP contribution in [0.5, 0.6) is 0 Å². The molecule has 6 heteroatoms. The van der Waals surface area contributed by atoms with Gasteiger partial charge in [-0.3, -0.25) is 4.90 Å². The Labute approximate surface area is 192 Å². The standard InChI is InChI=1S/C24H25IN2O2S/c1-19-18-22(25)12-13-23(19)30(28,29)27-16-14-26(15-17-27)24(20-8-4-2-5-9-20)21-10-6-3-7-11-21/h2-13,18,24H,14-17H2,1H3. The Morgan fingerprint density at radius 2 is 1.33 bits per heavy atom. The number of aryl methyl sites for hydroxylation is 1. The van der Waals surface area contributed by atoms with Crippen LogP contribution in [-0.2, 0) is 10.0 Å². The van der Waals surface area contributed by atoms with Gasteiger partial charge in [0.05, 0.1) is 10.9 Å². The molecule has 1 saturated heterocycles. The number of nitrogens with zero attached hydrogens (tertiary/aromatic N) is 2. The molecule has 4 rings (SSSR count). The fourth-order valence-corrected chi connectivity index (χ4v) is 6.40. The molecule has 0 spiro atoms. The SMILES string of the molecule is Cc1cc(I)ccc1S(=O)(=O)N1CCN(C(c2ccccc2)c2ccccc2)CC1. The van der Waals surface area contributed by atoms with E-state index in [0.29, 0.717) is 31.1 Å². The summed E-state index contributed by atoms with van der Waals surface area (Å²) in [5.41, 5.74) is 3.26. The summed E-state index contributed by atoms with van der Waals surface area (Å²) in [4.78, 5) is 2.80. The predicted molar refractivity (Wildman–Crippen MR) is 129 cm³/mol. The lowest BCUT2D eigenvalue weighted by Gasteiger charge is -2.39. The number of halogens is 1. The average molecular weight is 532 g/mol. The lowest BCUT2D eigenvalue weighted by atomic mass is 9.96. The molecule has 0 saturated carbocycles. The van der Waals surface area contributed by atoms with Crippen LogP contribution in [-0.4, -0.2) is 43.8 Å². The van der Waals surface area contributed by atoms with E-state index in [1.165, 1.54) is 11.1 Å². The number of rotatable bonds is 5. The maximum atomic E-state index is 13.2. The highest BCUT2D eigenvalue weighted by atomic mass is 127. The second-order valence-electron chi connectivity index (χ2n) is 7.57. The number of sulfonamides is 1. The fourth-order valence-electron chi connectivity index (χ4n) is 4.13. The molecule has 3 aromatic carbocycles. The molecule has 4 nitrogen and oxygen atoms in total. The first kappa shape index (κ1) is 21.5. The predicted octanol–water partition coefficient (Wildman–Crippen LogP) is 4.70. The summed E-state index contributed by atoms with van der Waals surface area (Å²) in [5, 5.41) is 0. The van der Waals surface area contributed by atoms with Crippen molar-refractivity contribution in [3.8, 4) is 0 Å². The zero-order valence-electron chi connectivity index (χ0n) is 16.9. The van der Waals surface area contributed by atoms with E-state index in [4.69, 9.17) is 0 Å². The first-order valence-corrected chi connectivity index (χ1v) is 12.6. The van der Waals surface area contributed by atoms with Gasteiger partial charge in [0, 0.05) is 29.7 Å². The van der Waals surface area contributed by atoms with Gasteiger partial charge in [0.25, 0.3) is 0 Å². The minimum atomic E-state index is -3.48. The molecule has 0 amide bonds. The van der Waals surface area contributed by atoms with Gasteiger partial charge in [0.1, 0.15) is 0 Å². The van der Waals surface area contributed by atoms with Crippen molar-refractivity contribution in [2.45, 2.75) is 17.9 Å². The van der Waals surface area contributed by atoms with E-state index in [2.05, 4.69) is 76.0 Å². The van der Waals surface area contributed by atoms with Gasteiger partial charge in [0.15, 0.2) is 0 Å². The molecule has 156 valence electrons. The van der Waals surface area contributed by atoms with Gasteiger partial charge in [-0.2, -0.15) is 4.31 Å². The van der Waals surface area contributed by atoms with Gasteiger partial charge in [0.2, 0.25) is 10.0 Å². The Hall–Kier alpha value is -1.74. The van der Waals surface area contributed by atoms with Crippen LogP contribution in [0.3, 0.4) is 0 Å². The van der Waals surface area contributed by atoms with E-state index < -0.39 is 10.0 Å². The summed E-state index contributed by atoms with van der Waals surface area (Å²) in [6.07, 6.45) is 0. The molecule has 0 unspecified atom stereocenters. The van der Waals surface area contributed by atoms with Crippen LogP contribution in [0.1, 0.15) is 22.7 Å². The van der Waals surface area contributed by atoms with Gasteiger partial charge in [-0.15, -0.1) is 0 Å². The molecule has 1 fully saturated rings. The average Bonchev–Trinajstić information content (AvgIpc) is 2.76. The summed E-state index contributed by atoms with van der Waals surface area (Å²) in [6.45, 7) is 4.23. The fraction of sp³-hybridized carbons (Fsp3) is 0.250. The lowest BCUT2D eigenvalue weighted by Crippen LogP contribution is -2.49. The summed E-state index contributed by atoms with van der Waals surface area (Å²) in [6, 6.07) is 26.5. The topological polar surface area (TPSA) is 40.6 Å². The molecule has 0 N–H and O–H groups in total. The van der Waals surface area contributed by atoms with Crippen molar-refractivity contribution in [2.24, 2.45) is 0 Å². The van der Waals surface area contributed by atoms with Gasteiger partial charge in [-0.05, 0) is 64.4 Å². The van der Waals surface area contributed by atoms with Crippen molar-refractivity contribution < 1.29 is 8.42 Å². The number of piperazine rings is 1. The van der Waals surface area contributed by atoms with Crippen LogP contribution in [0.2, 0.25) is 0 Å². The molecule has 1 aliphatic heterocycles. The third kappa shape index (κ3) is 4.46. The monoisotopic (exact) mass is 532 g/mol. The Morgan fingerprint density at radius 3 is 1.83 bits per heavy atom. The van der Waals surface area contributed by atoms with E-state index in [0.717, 1.165) is 9.13 Å². The molecule has 0 aliphatic carbocycles. The first-order chi connectivity index (χ1) is 14.5. The maximum absolute atomic E-state index is 13.2. The van der Waals surface area contributed by atoms with E-state index in [1.54, 1.807) is 10.4 Å². The molecule has 1 aliphatic rings. The van der Waals surface area contributed by atoms with Crippen molar-refractivity contribution in [3.63, 3.8) is 0 Å². The van der Waals surface area contributed by atoms with Gasteiger partial charge in [-0.1, -0.05) is 60.7 Å². The Balaban J connectivity index is 1.56. The zero-order valence-corrected chi connectivity index (χ0v) is 19.9. The molecule has 30 heavy (non-hydrogen) atoms. The first-order valence-electron chi connectivity index (χ1n) is 10.1. The normalized spacial score (nSPS) is 16.1. The number of hydrogen-bond donors (Lipinski definition) is 0. The van der Waals surface area contributed by atoms with Crippen LogP contribution < -0.4 is 0 Å². The van der Waals surface area contributed by atoms with E-state index in [-0.39, 0.29) is 6.04 Å². The third-order valence-corrected chi connectivity index (χ3v) is 8.35. The summed E-state index contributed by atoms with van der Waals surface area (Å²) in [5.74, 6) is 0. The van der Waals surface area contributed by atoms with E-state index in [1.807, 2.05) is 31.2 Å². The van der Waals surface area contributed by atoms with E-state index >= 15 is 0 Å². The Morgan fingerprint density at radius 1 is 0.800 bits per heavy atom. The van der Waals surface area contributed by atoms with Crippen LogP contribution in [0, 0.1) is 10.5 Å². The maximum Gasteiger partial charge on any atom is 0.243 e. The molecule has 1 heterocycles. The number of hydrogen-bond acceptors (Lipinski definition) is 3. The molecular weight excluding hydrogens is 507 g/mol. The molecule has 0 radical (unpaired) electrons. The van der Waals surface area contributed by atoms with Crippen molar-refractivity contribution in [1.82, 2.24) is 9.21 Å². The largest absolute Gasteiger partial charge is 0.290 e. The lowest BCUT2D eigenvalue weighted by molar-refractivity contribution is 0.156. The van der Waals surface area contributed by atoms with Crippen molar-refractivity contribution in [1.29, 1.82) is 0 Å². The van der Waals surface area contributed by atoms with Crippen LogP contribution in [0.15, 0.2) is 83.8 Å². The highest BCUT2D eigenvalue weighted by molar-refractivity contribution is 14.1.